The molecule has 3 atom stereocenters. The van der Waals surface area contributed by atoms with Gasteiger partial charge < -0.3 is 19.8 Å². The lowest BCUT2D eigenvalue weighted by Crippen LogP contribution is -2.45. The molecule has 76 heavy (non-hydrogen) atoms. The summed E-state index contributed by atoms with van der Waals surface area (Å²) in [5, 5.41) is 13.9. The van der Waals surface area contributed by atoms with E-state index in [0.29, 0.717) is 17.4 Å². The number of quaternary nitrogens is 1. The number of phosphoric ester groups is 1. The highest BCUT2D eigenvalue weighted by atomic mass is 31.2. The van der Waals surface area contributed by atoms with E-state index in [2.05, 4.69) is 79.9 Å². The van der Waals surface area contributed by atoms with Crippen LogP contribution in [0.2, 0.25) is 0 Å². The summed E-state index contributed by atoms with van der Waals surface area (Å²) in [5.41, 5.74) is 0. The van der Waals surface area contributed by atoms with Gasteiger partial charge in [-0.3, -0.25) is 13.8 Å². The fourth-order valence-corrected chi connectivity index (χ4v) is 10.1. The number of rotatable bonds is 59. The van der Waals surface area contributed by atoms with E-state index in [0.717, 1.165) is 64.2 Å². The monoisotopic (exact) mass is 1090 g/mol. The second-order valence-corrected chi connectivity index (χ2v) is 24.6. The van der Waals surface area contributed by atoms with Gasteiger partial charge in [0.05, 0.1) is 39.9 Å². The van der Waals surface area contributed by atoms with Gasteiger partial charge >= 0.3 is 7.82 Å². The minimum absolute atomic E-state index is 0.0492. The van der Waals surface area contributed by atoms with Gasteiger partial charge in [0.2, 0.25) is 5.91 Å². The van der Waals surface area contributed by atoms with E-state index >= 15 is 0 Å². The van der Waals surface area contributed by atoms with E-state index in [4.69, 9.17) is 9.05 Å². The number of hydrogen-bond acceptors (Lipinski definition) is 5. The molecule has 0 spiro atoms. The first-order valence-electron chi connectivity index (χ1n) is 32.3. The molecule has 0 saturated heterocycles. The predicted molar refractivity (Wildman–Crippen MR) is 332 cm³/mol. The maximum atomic E-state index is 13.0. The summed E-state index contributed by atoms with van der Waals surface area (Å²) >= 11 is 0. The number of allylic oxidation sites excluding steroid dienone is 11. The summed E-state index contributed by atoms with van der Waals surface area (Å²) in [7, 11) is 1.54. The van der Waals surface area contributed by atoms with Gasteiger partial charge in [0, 0.05) is 6.42 Å². The molecular formula is C67H126N2O6P+. The smallest absolute Gasteiger partial charge is 0.387 e. The number of hydrogen-bond donors (Lipinski definition) is 3. The van der Waals surface area contributed by atoms with Gasteiger partial charge in [-0.05, 0) is 83.5 Å². The topological polar surface area (TPSA) is 105 Å². The number of phosphoric acid groups is 1. The minimum atomic E-state index is -4.37. The van der Waals surface area contributed by atoms with Crippen LogP contribution in [-0.4, -0.2) is 73.4 Å². The lowest BCUT2D eigenvalue weighted by Gasteiger charge is -2.25. The molecular weight excluding hydrogens is 960 g/mol. The van der Waals surface area contributed by atoms with Crippen LogP contribution in [0, 0.1) is 0 Å². The van der Waals surface area contributed by atoms with Gasteiger partial charge in [-0.25, -0.2) is 4.57 Å². The molecule has 0 heterocycles. The van der Waals surface area contributed by atoms with Crippen LogP contribution < -0.4 is 5.32 Å². The molecule has 0 bridgehead atoms. The van der Waals surface area contributed by atoms with Crippen molar-refractivity contribution in [3.8, 4) is 0 Å². The normalized spacial score (nSPS) is 14.2. The molecule has 0 radical (unpaired) electrons. The van der Waals surface area contributed by atoms with Crippen molar-refractivity contribution in [1.82, 2.24) is 5.32 Å². The third-order valence-corrected chi connectivity index (χ3v) is 15.4. The number of unbranched alkanes of at least 4 members (excludes halogenated alkanes) is 36. The predicted octanol–water partition coefficient (Wildman–Crippen LogP) is 20.2. The second kappa shape index (κ2) is 57.6. The summed E-state index contributed by atoms with van der Waals surface area (Å²) in [6, 6.07) is -0.879. The summed E-state index contributed by atoms with van der Waals surface area (Å²) < 4.78 is 23.7. The first-order valence-corrected chi connectivity index (χ1v) is 33.8. The maximum Gasteiger partial charge on any atom is 0.472 e. The van der Waals surface area contributed by atoms with Crippen LogP contribution in [0.4, 0.5) is 0 Å². The average molecular weight is 1090 g/mol. The molecule has 9 heteroatoms. The molecule has 3 unspecified atom stereocenters. The first-order chi connectivity index (χ1) is 37.0. The molecule has 0 aliphatic carbocycles. The Hall–Kier alpha value is -2.06. The van der Waals surface area contributed by atoms with Crippen LogP contribution in [0.15, 0.2) is 72.9 Å². The highest BCUT2D eigenvalue weighted by molar-refractivity contribution is 7.47. The molecule has 0 rings (SSSR count). The number of amides is 1. The Bertz CT molecular complexity index is 1470. The van der Waals surface area contributed by atoms with Crippen molar-refractivity contribution < 1.29 is 32.9 Å². The number of carbonyl (C=O) groups excluding carboxylic acids is 1. The van der Waals surface area contributed by atoms with Crippen LogP contribution in [0.1, 0.15) is 296 Å². The third-order valence-electron chi connectivity index (χ3n) is 14.4. The molecule has 3 N–H and O–H groups in total. The van der Waals surface area contributed by atoms with Gasteiger partial charge in [-0.1, -0.05) is 279 Å². The molecule has 8 nitrogen and oxygen atoms in total. The lowest BCUT2D eigenvalue weighted by atomic mass is 10.0. The van der Waals surface area contributed by atoms with Crippen LogP contribution in [0.5, 0.6) is 0 Å². The van der Waals surface area contributed by atoms with E-state index in [1.54, 1.807) is 6.08 Å². The van der Waals surface area contributed by atoms with E-state index in [9.17, 15) is 19.4 Å². The molecule has 0 fully saturated rings. The zero-order chi connectivity index (χ0) is 55.6. The summed E-state index contributed by atoms with van der Waals surface area (Å²) in [5.74, 6) is -0.198. The van der Waals surface area contributed by atoms with Crippen molar-refractivity contribution in [2.45, 2.75) is 309 Å². The Labute approximate surface area is 472 Å². The van der Waals surface area contributed by atoms with Crippen molar-refractivity contribution >= 4 is 13.7 Å². The average Bonchev–Trinajstić information content (AvgIpc) is 3.38. The maximum absolute atomic E-state index is 13.0. The molecule has 0 aliphatic heterocycles. The highest BCUT2D eigenvalue weighted by Crippen LogP contribution is 2.43. The number of aliphatic hydroxyl groups excluding tert-OH is 1. The Balaban J connectivity index is 4.22. The molecule has 0 aromatic rings. The van der Waals surface area contributed by atoms with Crippen molar-refractivity contribution in [2.75, 3.05) is 40.9 Å². The lowest BCUT2D eigenvalue weighted by molar-refractivity contribution is -0.870. The summed E-state index contributed by atoms with van der Waals surface area (Å²) in [6.07, 6.45) is 80.4. The fourth-order valence-electron chi connectivity index (χ4n) is 9.32. The van der Waals surface area contributed by atoms with Crippen molar-refractivity contribution in [3.05, 3.63) is 72.9 Å². The van der Waals surface area contributed by atoms with Crippen LogP contribution >= 0.6 is 7.82 Å². The Morgan fingerprint density at radius 1 is 0.447 bits per heavy atom. The van der Waals surface area contributed by atoms with Crippen molar-refractivity contribution in [1.29, 1.82) is 0 Å². The van der Waals surface area contributed by atoms with E-state index < -0.39 is 20.0 Å². The molecule has 0 aliphatic rings. The zero-order valence-corrected chi connectivity index (χ0v) is 51.6. The van der Waals surface area contributed by atoms with Crippen molar-refractivity contribution in [2.24, 2.45) is 0 Å². The highest BCUT2D eigenvalue weighted by Gasteiger charge is 2.27. The fraction of sp³-hybridized carbons (Fsp3) is 0.806. The summed E-state index contributed by atoms with van der Waals surface area (Å²) in [6.45, 7) is 4.79. The molecule has 0 aromatic carbocycles. The Morgan fingerprint density at radius 2 is 0.763 bits per heavy atom. The van der Waals surface area contributed by atoms with Gasteiger partial charge in [-0.2, -0.15) is 0 Å². The van der Waals surface area contributed by atoms with E-state index in [1.165, 1.54) is 212 Å². The van der Waals surface area contributed by atoms with E-state index in [1.807, 2.05) is 27.2 Å². The minimum Gasteiger partial charge on any atom is -0.387 e. The molecule has 444 valence electrons. The molecule has 0 aromatic heterocycles. The van der Waals surface area contributed by atoms with Gasteiger partial charge in [0.1, 0.15) is 13.2 Å². The van der Waals surface area contributed by atoms with Crippen LogP contribution in [0.3, 0.4) is 0 Å². The third kappa shape index (κ3) is 59.6. The summed E-state index contributed by atoms with van der Waals surface area (Å²) in [4.78, 5) is 23.3. The molecule has 1 amide bonds. The van der Waals surface area contributed by atoms with Gasteiger partial charge in [0.15, 0.2) is 0 Å². The van der Waals surface area contributed by atoms with E-state index in [-0.39, 0.29) is 19.1 Å². The number of nitrogens with one attached hydrogen (secondary N) is 1. The second-order valence-electron chi connectivity index (χ2n) is 23.1. The largest absolute Gasteiger partial charge is 0.472 e. The van der Waals surface area contributed by atoms with Crippen LogP contribution in [-0.2, 0) is 18.4 Å². The number of carbonyl (C=O) groups is 1. The molecule has 0 saturated carbocycles. The Morgan fingerprint density at radius 3 is 1.14 bits per heavy atom. The van der Waals surface area contributed by atoms with Gasteiger partial charge in [0.25, 0.3) is 0 Å². The zero-order valence-electron chi connectivity index (χ0n) is 50.7. The number of aliphatic hydroxyl groups is 1. The van der Waals surface area contributed by atoms with Crippen molar-refractivity contribution in [3.63, 3.8) is 0 Å². The standard InChI is InChI=1S/C67H125N2O6P/c1-6-8-10-12-14-16-18-20-22-24-26-28-30-31-32-33-34-35-36-37-39-40-42-44-46-48-50-52-54-56-58-60-66(70)65(64-75-76(72,73)74-63-62-69(3,4)5)68-67(71)61-59-57-55-53-51-49-47-45-43-41-38-29-27-25-23-21-19-17-15-13-11-9-7-2/h19,21,25,27,38,41-42,44,50,52,58,60,65-66,70H,6-18,20,22-24,26,28-37,39-40,43,45-49,51,53-57,59,61-64H2,1-5H3,(H-,68,71,72,73)/p+1/b21-19-,27-25-,41-38-,44-42+,52-50+,60-58+. The number of likely N-dealkylation sites (N-methyl/N-ethyl adjacent to an activating group) is 1. The van der Waals surface area contributed by atoms with Gasteiger partial charge in [-0.15, -0.1) is 0 Å². The Kier molecular flexibility index (Phi) is 56.1. The van der Waals surface area contributed by atoms with Crippen LogP contribution in [0.25, 0.3) is 0 Å². The first kappa shape index (κ1) is 73.9. The number of nitrogens with zero attached hydrogens (tertiary/aromatic N) is 1. The quantitative estimate of drug-likeness (QED) is 0.0243. The SMILES string of the molecule is CCCCCCC/C=C\C/C=C\C/C=C\CCCCCCCCCCC(=O)NC(COP(=O)(O)OCC[N+](C)(C)C)C(O)/C=C/CC/C=C/CC/C=C/CCCCCCCCCCCCCCCCCCCCCCC.